The predicted molar refractivity (Wildman–Crippen MR) is 111 cm³/mol. The third-order valence-corrected chi connectivity index (χ3v) is 5.69. The van der Waals surface area contributed by atoms with Gasteiger partial charge < -0.3 is 15.8 Å². The number of nitrogens with zero attached hydrogens (tertiary/aromatic N) is 5. The SMILES string of the molecule is Cn1cc(Nc2nccc(-c3ccc4c(c3)CN(C3COC3)CC[C@H]4N)n2)cn1. The van der Waals surface area contributed by atoms with Crippen LogP contribution >= 0.6 is 0 Å². The first-order valence-corrected chi connectivity index (χ1v) is 9.95. The van der Waals surface area contributed by atoms with Gasteiger partial charge in [0.1, 0.15) is 0 Å². The van der Waals surface area contributed by atoms with Crippen molar-refractivity contribution in [1.29, 1.82) is 0 Å². The van der Waals surface area contributed by atoms with Crippen molar-refractivity contribution in [2.75, 3.05) is 25.1 Å². The van der Waals surface area contributed by atoms with Crippen molar-refractivity contribution in [3.8, 4) is 11.3 Å². The molecule has 2 aliphatic heterocycles. The van der Waals surface area contributed by atoms with Crippen LogP contribution in [0, 0.1) is 0 Å². The summed E-state index contributed by atoms with van der Waals surface area (Å²) in [5.74, 6) is 0.551. The summed E-state index contributed by atoms with van der Waals surface area (Å²) in [4.78, 5) is 11.5. The molecule has 0 amide bonds. The Hall–Kier alpha value is -2.81. The Kier molecular flexibility index (Phi) is 4.75. The van der Waals surface area contributed by atoms with Gasteiger partial charge in [-0.25, -0.2) is 9.97 Å². The van der Waals surface area contributed by atoms with Crippen molar-refractivity contribution in [2.24, 2.45) is 12.8 Å². The number of fused-ring (bicyclic) bond motifs is 1. The molecule has 0 spiro atoms. The van der Waals surface area contributed by atoms with Crippen molar-refractivity contribution in [2.45, 2.75) is 25.0 Å². The Bertz CT molecular complexity index is 1010. The highest BCUT2D eigenvalue weighted by atomic mass is 16.5. The number of rotatable bonds is 4. The highest BCUT2D eigenvalue weighted by Gasteiger charge is 2.29. The molecule has 0 radical (unpaired) electrons. The molecule has 1 atom stereocenters. The minimum Gasteiger partial charge on any atom is -0.378 e. The molecule has 3 N–H and O–H groups in total. The molecule has 4 heterocycles. The third kappa shape index (κ3) is 3.74. The van der Waals surface area contributed by atoms with Gasteiger partial charge in [-0.15, -0.1) is 0 Å². The normalized spacial score (nSPS) is 20.0. The lowest BCUT2D eigenvalue weighted by atomic mass is 9.97. The summed E-state index contributed by atoms with van der Waals surface area (Å²) >= 11 is 0. The zero-order valence-corrected chi connectivity index (χ0v) is 16.5. The van der Waals surface area contributed by atoms with Gasteiger partial charge in [0.15, 0.2) is 0 Å². The lowest BCUT2D eigenvalue weighted by Gasteiger charge is -2.36. The van der Waals surface area contributed by atoms with Gasteiger partial charge >= 0.3 is 0 Å². The van der Waals surface area contributed by atoms with E-state index in [-0.39, 0.29) is 6.04 Å². The highest BCUT2D eigenvalue weighted by Crippen LogP contribution is 2.31. The van der Waals surface area contributed by atoms with Crippen LogP contribution in [0.1, 0.15) is 23.6 Å². The van der Waals surface area contributed by atoms with E-state index in [2.05, 4.69) is 38.5 Å². The Balaban J connectivity index is 1.43. The van der Waals surface area contributed by atoms with Crippen LogP contribution in [-0.2, 0) is 18.3 Å². The number of aromatic nitrogens is 4. The van der Waals surface area contributed by atoms with Crippen LogP contribution in [-0.4, -0.2) is 50.4 Å². The summed E-state index contributed by atoms with van der Waals surface area (Å²) in [5.41, 5.74) is 11.8. The topological polar surface area (TPSA) is 94.1 Å². The van der Waals surface area contributed by atoms with Gasteiger partial charge in [0.25, 0.3) is 0 Å². The summed E-state index contributed by atoms with van der Waals surface area (Å²) in [7, 11) is 1.88. The minimum atomic E-state index is 0.0678. The molecule has 1 aromatic carbocycles. The number of aryl methyl sites for hydroxylation is 1. The van der Waals surface area contributed by atoms with E-state index in [4.69, 9.17) is 15.5 Å². The number of ether oxygens (including phenoxy) is 1. The maximum atomic E-state index is 6.47. The highest BCUT2D eigenvalue weighted by molar-refractivity contribution is 5.63. The van der Waals surface area contributed by atoms with Crippen molar-refractivity contribution in [3.63, 3.8) is 0 Å². The van der Waals surface area contributed by atoms with E-state index in [9.17, 15) is 0 Å². The zero-order chi connectivity index (χ0) is 19.8. The molecule has 2 aliphatic rings. The molecule has 1 saturated heterocycles. The maximum absolute atomic E-state index is 6.47. The summed E-state index contributed by atoms with van der Waals surface area (Å²) in [5, 5.41) is 7.37. The smallest absolute Gasteiger partial charge is 0.227 e. The standard InChI is InChI=1S/C21H25N7O/c1-27-11-16(9-24-27)25-21-23-6-4-20(26-21)14-2-3-18-15(8-14)10-28(7-5-19(18)22)17-12-29-13-17/h2-4,6,8-9,11,17,19H,5,7,10,12-13,22H2,1H3,(H,23,25,26)/t19-/m1/s1. The van der Waals surface area contributed by atoms with Gasteiger partial charge in [0.2, 0.25) is 5.95 Å². The van der Waals surface area contributed by atoms with E-state index in [1.54, 1.807) is 17.1 Å². The Morgan fingerprint density at radius 2 is 2.14 bits per heavy atom. The maximum Gasteiger partial charge on any atom is 0.227 e. The molecule has 0 aliphatic carbocycles. The van der Waals surface area contributed by atoms with Crippen LogP contribution in [0.15, 0.2) is 42.9 Å². The molecule has 2 aromatic heterocycles. The van der Waals surface area contributed by atoms with Gasteiger partial charge in [-0.05, 0) is 29.7 Å². The van der Waals surface area contributed by atoms with Crippen molar-refractivity contribution < 1.29 is 4.74 Å². The Labute approximate surface area is 169 Å². The molecule has 0 bridgehead atoms. The van der Waals surface area contributed by atoms with Gasteiger partial charge in [-0.1, -0.05) is 12.1 Å². The van der Waals surface area contributed by atoms with Crippen molar-refractivity contribution in [1.82, 2.24) is 24.6 Å². The quantitative estimate of drug-likeness (QED) is 0.704. The van der Waals surface area contributed by atoms with Crippen LogP contribution in [0.4, 0.5) is 11.6 Å². The van der Waals surface area contributed by atoms with Gasteiger partial charge in [0.05, 0.1) is 36.8 Å². The van der Waals surface area contributed by atoms with E-state index in [0.717, 1.165) is 49.7 Å². The number of anilines is 2. The molecule has 3 aromatic rings. The van der Waals surface area contributed by atoms with E-state index >= 15 is 0 Å². The molecular formula is C21H25N7O. The molecular weight excluding hydrogens is 366 g/mol. The van der Waals surface area contributed by atoms with Crippen LogP contribution in [0.3, 0.4) is 0 Å². The number of nitrogens with one attached hydrogen (secondary N) is 1. The summed E-state index contributed by atoms with van der Waals surface area (Å²) in [6, 6.07) is 9.00. The van der Waals surface area contributed by atoms with Crippen LogP contribution in [0.5, 0.6) is 0 Å². The van der Waals surface area contributed by atoms with Crippen LogP contribution in [0.2, 0.25) is 0 Å². The fraction of sp³-hybridized carbons (Fsp3) is 0.381. The number of hydrogen-bond donors (Lipinski definition) is 2. The van der Waals surface area contributed by atoms with Crippen LogP contribution < -0.4 is 11.1 Å². The predicted octanol–water partition coefficient (Wildman–Crippen LogP) is 2.22. The molecule has 8 nitrogen and oxygen atoms in total. The van der Waals surface area contributed by atoms with E-state index in [1.807, 2.05) is 19.3 Å². The molecule has 29 heavy (non-hydrogen) atoms. The average molecular weight is 391 g/mol. The monoisotopic (exact) mass is 391 g/mol. The second-order valence-electron chi connectivity index (χ2n) is 7.76. The lowest BCUT2D eigenvalue weighted by Crippen LogP contribution is -2.48. The minimum absolute atomic E-state index is 0.0678. The van der Waals surface area contributed by atoms with Crippen LogP contribution in [0.25, 0.3) is 11.3 Å². The summed E-state index contributed by atoms with van der Waals surface area (Å²) in [6.07, 6.45) is 6.38. The second-order valence-corrected chi connectivity index (χ2v) is 7.76. The first-order chi connectivity index (χ1) is 14.2. The Morgan fingerprint density at radius 1 is 1.24 bits per heavy atom. The average Bonchev–Trinajstić information content (AvgIpc) is 3.01. The molecule has 0 unspecified atom stereocenters. The second kappa shape index (κ2) is 7.55. The van der Waals surface area contributed by atoms with E-state index in [0.29, 0.717) is 12.0 Å². The van der Waals surface area contributed by atoms with Crippen molar-refractivity contribution in [3.05, 3.63) is 54.0 Å². The summed E-state index contributed by atoms with van der Waals surface area (Å²) < 4.78 is 7.13. The fourth-order valence-corrected chi connectivity index (χ4v) is 3.96. The number of hydrogen-bond acceptors (Lipinski definition) is 7. The van der Waals surface area contributed by atoms with Gasteiger partial charge in [-0.2, -0.15) is 5.10 Å². The molecule has 150 valence electrons. The number of nitrogens with two attached hydrogens (primary N) is 1. The fourth-order valence-electron chi connectivity index (χ4n) is 3.96. The summed E-state index contributed by atoms with van der Waals surface area (Å²) in [6.45, 7) is 3.54. The van der Waals surface area contributed by atoms with Gasteiger partial charge in [-0.3, -0.25) is 9.58 Å². The van der Waals surface area contributed by atoms with E-state index in [1.165, 1.54) is 11.1 Å². The molecule has 5 rings (SSSR count). The van der Waals surface area contributed by atoms with Gasteiger partial charge in [0, 0.05) is 44.1 Å². The number of benzene rings is 1. The first-order valence-electron chi connectivity index (χ1n) is 9.95. The van der Waals surface area contributed by atoms with E-state index < -0.39 is 0 Å². The molecule has 1 fully saturated rings. The zero-order valence-electron chi connectivity index (χ0n) is 16.5. The molecule has 8 heteroatoms. The third-order valence-electron chi connectivity index (χ3n) is 5.69. The lowest BCUT2D eigenvalue weighted by molar-refractivity contribution is -0.0677. The van der Waals surface area contributed by atoms with Crippen molar-refractivity contribution >= 4 is 11.6 Å². The Morgan fingerprint density at radius 3 is 2.90 bits per heavy atom. The molecule has 0 saturated carbocycles. The first kappa shape index (κ1) is 18.2. The largest absolute Gasteiger partial charge is 0.378 e.